The molecule has 1 heterocycles. The molecule has 0 spiro atoms. The highest BCUT2D eigenvalue weighted by Crippen LogP contribution is 2.17. The highest BCUT2D eigenvalue weighted by molar-refractivity contribution is 7.80. The summed E-state index contributed by atoms with van der Waals surface area (Å²) in [7, 11) is 0. The summed E-state index contributed by atoms with van der Waals surface area (Å²) < 4.78 is 11.0. The van der Waals surface area contributed by atoms with Gasteiger partial charge in [0.25, 0.3) is 0 Å². The first-order valence-electron chi connectivity index (χ1n) is 7.63. The van der Waals surface area contributed by atoms with Crippen LogP contribution in [0, 0.1) is 0 Å². The number of rotatable bonds is 6. The average Bonchev–Trinajstić information content (AvgIpc) is 3.14. The molecule has 0 fully saturated rings. The molecule has 1 aromatic heterocycles. The summed E-state index contributed by atoms with van der Waals surface area (Å²) in [6, 6.07) is 21.5. The Bertz CT molecular complexity index is 756. The van der Waals surface area contributed by atoms with Crippen molar-refractivity contribution < 1.29 is 9.15 Å². The fourth-order valence-electron chi connectivity index (χ4n) is 2.13. The Morgan fingerprint density at radius 2 is 1.75 bits per heavy atom. The highest BCUT2D eigenvalue weighted by atomic mass is 32.1. The summed E-state index contributed by atoms with van der Waals surface area (Å²) >= 11 is 5.26. The molecule has 2 aromatic carbocycles. The molecule has 122 valence electrons. The van der Waals surface area contributed by atoms with E-state index in [0.717, 1.165) is 22.8 Å². The van der Waals surface area contributed by atoms with E-state index in [0.29, 0.717) is 18.3 Å². The zero-order valence-electron chi connectivity index (χ0n) is 13.1. The van der Waals surface area contributed by atoms with Gasteiger partial charge in [0.15, 0.2) is 5.11 Å². The molecule has 4 nitrogen and oxygen atoms in total. The Kier molecular flexibility index (Phi) is 5.48. The van der Waals surface area contributed by atoms with Gasteiger partial charge in [-0.25, -0.2) is 0 Å². The van der Waals surface area contributed by atoms with Crippen molar-refractivity contribution in [2.75, 3.05) is 5.32 Å². The van der Waals surface area contributed by atoms with E-state index in [1.807, 2.05) is 66.7 Å². The number of hydrogen-bond donors (Lipinski definition) is 2. The lowest BCUT2D eigenvalue weighted by Crippen LogP contribution is -2.27. The first-order valence-corrected chi connectivity index (χ1v) is 8.04. The molecule has 0 unspecified atom stereocenters. The van der Waals surface area contributed by atoms with E-state index in [4.69, 9.17) is 21.4 Å². The smallest absolute Gasteiger partial charge is 0.171 e. The van der Waals surface area contributed by atoms with E-state index in [-0.39, 0.29) is 0 Å². The second kappa shape index (κ2) is 8.17. The Labute approximate surface area is 146 Å². The van der Waals surface area contributed by atoms with Gasteiger partial charge in [-0.05, 0) is 54.2 Å². The molecule has 0 saturated heterocycles. The van der Waals surface area contributed by atoms with Gasteiger partial charge in [0.05, 0.1) is 12.8 Å². The zero-order valence-corrected chi connectivity index (χ0v) is 13.9. The maximum Gasteiger partial charge on any atom is 0.171 e. The lowest BCUT2D eigenvalue weighted by molar-refractivity contribution is 0.306. The summed E-state index contributed by atoms with van der Waals surface area (Å²) in [6.07, 6.45) is 1.64. The van der Waals surface area contributed by atoms with Crippen LogP contribution in [0.1, 0.15) is 11.3 Å². The Morgan fingerprint density at radius 3 is 2.46 bits per heavy atom. The summed E-state index contributed by atoms with van der Waals surface area (Å²) in [5.74, 6) is 1.66. The van der Waals surface area contributed by atoms with Crippen LogP contribution in [0.25, 0.3) is 0 Å². The third-order valence-electron chi connectivity index (χ3n) is 3.36. The largest absolute Gasteiger partial charge is 0.489 e. The third-order valence-corrected chi connectivity index (χ3v) is 3.61. The first-order chi connectivity index (χ1) is 11.8. The molecular weight excluding hydrogens is 320 g/mol. The van der Waals surface area contributed by atoms with Gasteiger partial charge >= 0.3 is 0 Å². The molecule has 0 aliphatic carbocycles. The van der Waals surface area contributed by atoms with Crippen molar-refractivity contribution in [3.63, 3.8) is 0 Å². The van der Waals surface area contributed by atoms with Crippen LogP contribution >= 0.6 is 12.2 Å². The molecule has 0 atom stereocenters. The van der Waals surface area contributed by atoms with E-state index in [1.165, 1.54) is 0 Å². The molecule has 24 heavy (non-hydrogen) atoms. The van der Waals surface area contributed by atoms with Crippen molar-refractivity contribution in [3.05, 3.63) is 84.3 Å². The Balaban J connectivity index is 1.46. The normalized spacial score (nSPS) is 10.2. The van der Waals surface area contributed by atoms with Gasteiger partial charge in [-0.15, -0.1) is 0 Å². The van der Waals surface area contributed by atoms with Crippen LogP contribution in [0.3, 0.4) is 0 Å². The molecule has 3 aromatic rings. The summed E-state index contributed by atoms with van der Waals surface area (Å²) in [4.78, 5) is 0. The van der Waals surface area contributed by atoms with Gasteiger partial charge in [-0.1, -0.05) is 30.3 Å². The summed E-state index contributed by atoms with van der Waals surface area (Å²) in [5.41, 5.74) is 2.04. The quantitative estimate of drug-likeness (QED) is 0.655. The molecule has 5 heteroatoms. The van der Waals surface area contributed by atoms with Crippen molar-refractivity contribution in [1.82, 2.24) is 5.32 Å². The third kappa shape index (κ3) is 4.86. The number of nitrogens with one attached hydrogen (secondary N) is 2. The number of ether oxygens (including phenoxy) is 1. The van der Waals surface area contributed by atoms with Gasteiger partial charge in [0.1, 0.15) is 18.1 Å². The predicted molar refractivity (Wildman–Crippen MR) is 99.0 cm³/mol. The molecule has 0 saturated carbocycles. The first kappa shape index (κ1) is 16.1. The van der Waals surface area contributed by atoms with E-state index in [2.05, 4.69) is 10.6 Å². The summed E-state index contributed by atoms with van der Waals surface area (Å²) in [6.45, 7) is 1.10. The standard InChI is InChI=1S/C19H18N2O2S/c24-19(20-13-18-7-4-12-22-18)21-16-8-10-17(11-9-16)23-14-15-5-2-1-3-6-15/h1-12H,13-14H2,(H2,20,21,24). The van der Waals surface area contributed by atoms with Gasteiger partial charge < -0.3 is 19.8 Å². The molecule has 2 N–H and O–H groups in total. The van der Waals surface area contributed by atoms with Crippen LogP contribution in [-0.4, -0.2) is 5.11 Å². The van der Waals surface area contributed by atoms with E-state index in [9.17, 15) is 0 Å². The van der Waals surface area contributed by atoms with Crippen LogP contribution in [-0.2, 0) is 13.2 Å². The zero-order chi connectivity index (χ0) is 16.6. The van der Waals surface area contributed by atoms with Crippen molar-refractivity contribution in [2.24, 2.45) is 0 Å². The number of furan rings is 1. The van der Waals surface area contributed by atoms with Crippen LogP contribution in [0.15, 0.2) is 77.4 Å². The van der Waals surface area contributed by atoms with Crippen LogP contribution in [0.2, 0.25) is 0 Å². The Morgan fingerprint density at radius 1 is 0.958 bits per heavy atom. The highest BCUT2D eigenvalue weighted by Gasteiger charge is 2.01. The number of anilines is 1. The number of thiocarbonyl (C=S) groups is 1. The van der Waals surface area contributed by atoms with E-state index in [1.54, 1.807) is 6.26 Å². The van der Waals surface area contributed by atoms with Gasteiger partial charge in [-0.2, -0.15) is 0 Å². The van der Waals surface area contributed by atoms with Crippen LogP contribution in [0.5, 0.6) is 5.75 Å². The van der Waals surface area contributed by atoms with E-state index >= 15 is 0 Å². The van der Waals surface area contributed by atoms with Crippen LogP contribution < -0.4 is 15.4 Å². The number of benzene rings is 2. The minimum Gasteiger partial charge on any atom is -0.489 e. The molecular formula is C19H18N2O2S. The topological polar surface area (TPSA) is 46.4 Å². The second-order valence-corrected chi connectivity index (χ2v) is 5.59. The van der Waals surface area contributed by atoms with E-state index < -0.39 is 0 Å². The maximum atomic E-state index is 5.76. The molecule has 0 radical (unpaired) electrons. The minimum absolute atomic E-state index is 0.546. The molecule has 3 rings (SSSR count). The van der Waals surface area contributed by atoms with Gasteiger partial charge in [-0.3, -0.25) is 0 Å². The minimum atomic E-state index is 0.546. The fourth-order valence-corrected chi connectivity index (χ4v) is 2.32. The van der Waals surface area contributed by atoms with Crippen molar-refractivity contribution in [3.8, 4) is 5.75 Å². The molecule has 0 aliphatic rings. The SMILES string of the molecule is S=C(NCc1ccco1)Nc1ccc(OCc2ccccc2)cc1. The lowest BCUT2D eigenvalue weighted by atomic mass is 10.2. The van der Waals surface area contributed by atoms with Crippen LogP contribution in [0.4, 0.5) is 5.69 Å². The predicted octanol–water partition coefficient (Wildman–Crippen LogP) is 4.35. The second-order valence-electron chi connectivity index (χ2n) is 5.19. The fraction of sp³-hybridized carbons (Fsp3) is 0.105. The van der Waals surface area contributed by atoms with Crippen molar-refractivity contribution in [2.45, 2.75) is 13.2 Å². The molecule has 0 bridgehead atoms. The summed E-state index contributed by atoms with van der Waals surface area (Å²) in [5, 5.41) is 6.76. The monoisotopic (exact) mass is 338 g/mol. The van der Waals surface area contributed by atoms with Gasteiger partial charge in [0, 0.05) is 5.69 Å². The lowest BCUT2D eigenvalue weighted by Gasteiger charge is -2.11. The average molecular weight is 338 g/mol. The van der Waals surface area contributed by atoms with Gasteiger partial charge in [0.2, 0.25) is 0 Å². The van der Waals surface area contributed by atoms with Crippen molar-refractivity contribution in [1.29, 1.82) is 0 Å². The Hall–Kier alpha value is -2.79. The molecule has 0 aliphatic heterocycles. The van der Waals surface area contributed by atoms with Crippen molar-refractivity contribution >= 4 is 23.0 Å². The molecule has 0 amide bonds. The maximum absolute atomic E-state index is 5.76. The number of hydrogen-bond acceptors (Lipinski definition) is 3.